The Bertz CT molecular complexity index is 792. The summed E-state index contributed by atoms with van der Waals surface area (Å²) in [6, 6.07) is 6.80. The molecule has 8 heteroatoms. The van der Waals surface area contributed by atoms with Crippen molar-refractivity contribution >= 4 is 29.3 Å². The van der Waals surface area contributed by atoms with E-state index in [9.17, 15) is 19.2 Å². The third-order valence-electron chi connectivity index (χ3n) is 5.07. The highest BCUT2D eigenvalue weighted by Crippen LogP contribution is 2.34. The molecule has 0 bridgehead atoms. The van der Waals surface area contributed by atoms with Crippen LogP contribution >= 0.6 is 0 Å². The Hall–Kier alpha value is -3.16. The van der Waals surface area contributed by atoms with Gasteiger partial charge in [-0.2, -0.15) is 0 Å². The van der Waals surface area contributed by atoms with E-state index in [0.717, 1.165) is 4.90 Å². The summed E-state index contributed by atoms with van der Waals surface area (Å²) >= 11 is 0. The summed E-state index contributed by atoms with van der Waals surface area (Å²) in [5.74, 6) is -1.51. The molecule has 3 rings (SSSR count). The van der Waals surface area contributed by atoms with Gasteiger partial charge < -0.3 is 15.0 Å². The molecule has 1 fully saturated rings. The average molecular weight is 385 g/mol. The Morgan fingerprint density at radius 1 is 1.11 bits per heavy atom. The Morgan fingerprint density at radius 3 is 2.21 bits per heavy atom. The molecular formula is C20H23N3O5. The zero-order chi connectivity index (χ0) is 20.3. The van der Waals surface area contributed by atoms with Crippen molar-refractivity contribution in [2.75, 3.05) is 32.6 Å². The van der Waals surface area contributed by atoms with Crippen LogP contribution in [0.3, 0.4) is 0 Å². The van der Waals surface area contributed by atoms with Crippen LogP contribution in [-0.4, -0.2) is 60.7 Å². The number of hydrogen-bond donors (Lipinski definition) is 1. The Morgan fingerprint density at radius 2 is 1.68 bits per heavy atom. The number of allylic oxidation sites excluding steroid dienone is 2. The summed E-state index contributed by atoms with van der Waals surface area (Å²) in [5, 5.41) is 2.69. The molecule has 1 heterocycles. The number of fused-ring (bicyclic) bond motifs is 1. The SMILES string of the molecule is COc1ccc(NC(=O)CN(C)C(=O)CN2C(=O)[C@H]3CC=CC[C@H]3C2=O)cc1. The molecule has 0 unspecified atom stereocenters. The fourth-order valence-corrected chi connectivity index (χ4v) is 3.46. The number of ether oxygens (including phenoxy) is 1. The number of methoxy groups -OCH3 is 1. The van der Waals surface area contributed by atoms with Gasteiger partial charge in [0.05, 0.1) is 25.5 Å². The minimum Gasteiger partial charge on any atom is -0.497 e. The summed E-state index contributed by atoms with van der Waals surface area (Å²) in [7, 11) is 3.02. The average Bonchev–Trinajstić information content (AvgIpc) is 2.93. The van der Waals surface area contributed by atoms with Gasteiger partial charge in [-0.15, -0.1) is 0 Å². The predicted octanol–water partition coefficient (Wildman–Crippen LogP) is 1.04. The quantitative estimate of drug-likeness (QED) is 0.583. The molecule has 1 aliphatic heterocycles. The number of amides is 4. The molecule has 0 aromatic heterocycles. The summed E-state index contributed by atoms with van der Waals surface area (Å²) in [5.41, 5.74) is 0.577. The van der Waals surface area contributed by atoms with Gasteiger partial charge in [-0.3, -0.25) is 24.1 Å². The molecule has 0 spiro atoms. The van der Waals surface area contributed by atoms with Gasteiger partial charge in [-0.1, -0.05) is 12.2 Å². The molecule has 2 atom stereocenters. The number of carbonyl (C=O) groups excluding carboxylic acids is 4. The summed E-state index contributed by atoms with van der Waals surface area (Å²) in [6.07, 6.45) is 4.85. The van der Waals surface area contributed by atoms with Crippen molar-refractivity contribution in [3.05, 3.63) is 36.4 Å². The van der Waals surface area contributed by atoms with Crippen molar-refractivity contribution in [3.8, 4) is 5.75 Å². The highest BCUT2D eigenvalue weighted by atomic mass is 16.5. The number of nitrogens with zero attached hydrogens (tertiary/aromatic N) is 2. The fraction of sp³-hybridized carbons (Fsp3) is 0.400. The van der Waals surface area contributed by atoms with Crippen molar-refractivity contribution in [1.29, 1.82) is 0 Å². The molecule has 0 radical (unpaired) electrons. The van der Waals surface area contributed by atoms with E-state index in [0.29, 0.717) is 24.3 Å². The third-order valence-corrected chi connectivity index (χ3v) is 5.07. The highest BCUT2D eigenvalue weighted by molar-refractivity contribution is 6.07. The standard InChI is InChI=1S/C20H23N3O5/c1-22(11-17(24)21-13-7-9-14(28-2)10-8-13)18(25)12-23-19(26)15-5-3-4-6-16(15)20(23)27/h3-4,7-10,15-16H,5-6,11-12H2,1-2H3,(H,21,24)/t15-,16+. The highest BCUT2D eigenvalue weighted by Gasteiger charge is 2.47. The first-order valence-electron chi connectivity index (χ1n) is 9.08. The lowest BCUT2D eigenvalue weighted by atomic mass is 9.85. The molecule has 0 saturated carbocycles. The monoisotopic (exact) mass is 385 g/mol. The molecule has 1 saturated heterocycles. The number of carbonyl (C=O) groups is 4. The second-order valence-electron chi connectivity index (χ2n) is 6.94. The summed E-state index contributed by atoms with van der Waals surface area (Å²) < 4.78 is 5.06. The van der Waals surface area contributed by atoms with Gasteiger partial charge in [0.25, 0.3) is 0 Å². The first-order chi connectivity index (χ1) is 13.4. The second kappa shape index (κ2) is 8.24. The minimum absolute atomic E-state index is 0.185. The largest absolute Gasteiger partial charge is 0.497 e. The molecule has 1 aromatic rings. The van der Waals surface area contributed by atoms with Crippen LogP contribution in [0.5, 0.6) is 5.75 Å². The number of likely N-dealkylation sites (tertiary alicyclic amines) is 1. The molecule has 28 heavy (non-hydrogen) atoms. The van der Waals surface area contributed by atoms with Gasteiger partial charge >= 0.3 is 0 Å². The first kappa shape index (κ1) is 19.6. The normalized spacial score (nSPS) is 20.7. The number of rotatable bonds is 6. The zero-order valence-electron chi connectivity index (χ0n) is 15.9. The molecule has 1 aromatic carbocycles. The van der Waals surface area contributed by atoms with Crippen LogP contribution in [0.4, 0.5) is 5.69 Å². The Labute approximate surface area is 163 Å². The van der Waals surface area contributed by atoms with E-state index in [1.54, 1.807) is 31.4 Å². The van der Waals surface area contributed by atoms with Crippen LogP contribution in [0, 0.1) is 11.8 Å². The van der Waals surface area contributed by atoms with Crippen molar-refractivity contribution < 1.29 is 23.9 Å². The first-order valence-corrected chi connectivity index (χ1v) is 9.08. The number of nitrogens with one attached hydrogen (secondary N) is 1. The number of benzene rings is 1. The molecule has 2 aliphatic rings. The van der Waals surface area contributed by atoms with Gasteiger partial charge in [0.2, 0.25) is 23.6 Å². The minimum atomic E-state index is -0.460. The van der Waals surface area contributed by atoms with Gasteiger partial charge in [0, 0.05) is 12.7 Å². The summed E-state index contributed by atoms with van der Waals surface area (Å²) in [6.45, 7) is -0.521. The molecule has 148 valence electrons. The lowest BCUT2D eigenvalue weighted by Crippen LogP contribution is -2.44. The van der Waals surface area contributed by atoms with E-state index in [1.807, 2.05) is 12.2 Å². The van der Waals surface area contributed by atoms with E-state index >= 15 is 0 Å². The maximum absolute atomic E-state index is 12.4. The van der Waals surface area contributed by atoms with Crippen LogP contribution in [0.1, 0.15) is 12.8 Å². The van der Waals surface area contributed by atoms with Gasteiger partial charge in [-0.05, 0) is 37.1 Å². The smallest absolute Gasteiger partial charge is 0.243 e. The lowest BCUT2D eigenvalue weighted by Gasteiger charge is -2.20. The van der Waals surface area contributed by atoms with Crippen molar-refractivity contribution in [3.63, 3.8) is 0 Å². The van der Waals surface area contributed by atoms with E-state index in [-0.39, 0.29) is 42.6 Å². The third kappa shape index (κ3) is 4.05. The van der Waals surface area contributed by atoms with Crippen LogP contribution in [0.2, 0.25) is 0 Å². The number of hydrogen-bond acceptors (Lipinski definition) is 5. The Balaban J connectivity index is 1.53. The van der Waals surface area contributed by atoms with E-state index in [1.165, 1.54) is 11.9 Å². The van der Waals surface area contributed by atoms with Crippen molar-refractivity contribution in [2.24, 2.45) is 11.8 Å². The van der Waals surface area contributed by atoms with Crippen LogP contribution in [0.15, 0.2) is 36.4 Å². The van der Waals surface area contributed by atoms with Crippen molar-refractivity contribution in [1.82, 2.24) is 9.80 Å². The van der Waals surface area contributed by atoms with Gasteiger partial charge in [0.1, 0.15) is 12.3 Å². The molecule has 4 amide bonds. The second-order valence-corrected chi connectivity index (χ2v) is 6.94. The summed E-state index contributed by atoms with van der Waals surface area (Å²) in [4.78, 5) is 51.7. The molecule has 1 aliphatic carbocycles. The molecular weight excluding hydrogens is 362 g/mol. The Kier molecular flexibility index (Phi) is 5.77. The van der Waals surface area contributed by atoms with Gasteiger partial charge in [0.15, 0.2) is 0 Å². The van der Waals surface area contributed by atoms with Crippen LogP contribution in [-0.2, 0) is 19.2 Å². The van der Waals surface area contributed by atoms with Gasteiger partial charge in [-0.25, -0.2) is 0 Å². The molecule has 8 nitrogen and oxygen atoms in total. The molecule has 1 N–H and O–H groups in total. The predicted molar refractivity (Wildman–Crippen MR) is 101 cm³/mol. The zero-order valence-corrected chi connectivity index (χ0v) is 15.9. The van der Waals surface area contributed by atoms with E-state index in [4.69, 9.17) is 4.74 Å². The van der Waals surface area contributed by atoms with Crippen molar-refractivity contribution in [2.45, 2.75) is 12.8 Å². The number of imide groups is 1. The van der Waals surface area contributed by atoms with E-state index < -0.39 is 5.91 Å². The fourth-order valence-electron chi connectivity index (χ4n) is 3.46. The number of likely N-dealkylation sites (N-methyl/N-ethyl adjacent to an activating group) is 1. The topological polar surface area (TPSA) is 96.0 Å². The number of anilines is 1. The van der Waals surface area contributed by atoms with E-state index in [2.05, 4.69) is 5.32 Å². The maximum atomic E-state index is 12.4. The van der Waals surface area contributed by atoms with Crippen LogP contribution in [0.25, 0.3) is 0 Å². The lowest BCUT2D eigenvalue weighted by molar-refractivity contribution is -0.146. The van der Waals surface area contributed by atoms with Crippen LogP contribution < -0.4 is 10.1 Å². The maximum Gasteiger partial charge on any atom is 0.243 e.